The molecule has 0 radical (unpaired) electrons. The topological polar surface area (TPSA) is 104 Å². The number of likely N-dealkylation sites (tertiary alicyclic amines) is 1. The summed E-state index contributed by atoms with van der Waals surface area (Å²) in [4.78, 5) is 37.7. The molecule has 5 rings (SSSR count). The highest BCUT2D eigenvalue weighted by Crippen LogP contribution is 2.35. The van der Waals surface area contributed by atoms with Crippen molar-refractivity contribution in [2.24, 2.45) is 10.7 Å². The summed E-state index contributed by atoms with van der Waals surface area (Å²) >= 11 is 0. The Balaban J connectivity index is 1.35. The highest BCUT2D eigenvalue weighted by atomic mass is 16.5. The van der Waals surface area contributed by atoms with E-state index in [1.54, 1.807) is 7.11 Å². The van der Waals surface area contributed by atoms with Gasteiger partial charge in [0.2, 0.25) is 5.91 Å². The molecular formula is C27H31N5O3. The van der Waals surface area contributed by atoms with E-state index in [-0.39, 0.29) is 36.8 Å². The third kappa shape index (κ3) is 4.41. The summed E-state index contributed by atoms with van der Waals surface area (Å²) < 4.78 is 5.29. The maximum Gasteiger partial charge on any atom is 0.254 e. The van der Waals surface area contributed by atoms with Crippen molar-refractivity contribution in [2.45, 2.75) is 44.3 Å². The minimum atomic E-state index is -0.729. The Hall–Kier alpha value is -3.65. The summed E-state index contributed by atoms with van der Waals surface area (Å²) in [7, 11) is 1.66. The van der Waals surface area contributed by atoms with Gasteiger partial charge in [0, 0.05) is 30.9 Å². The van der Waals surface area contributed by atoms with Crippen LogP contribution in [0.25, 0.3) is 10.9 Å². The Bertz CT molecular complexity index is 1300. The fraction of sp³-hybridized carbons (Fsp3) is 0.370. The van der Waals surface area contributed by atoms with Gasteiger partial charge in [0.15, 0.2) is 5.96 Å². The summed E-state index contributed by atoms with van der Waals surface area (Å²) in [6, 6.07) is 15.6. The number of hydrogen-bond donors (Lipinski definition) is 2. The van der Waals surface area contributed by atoms with Gasteiger partial charge in [-0.05, 0) is 66.6 Å². The molecule has 2 amide bonds. The number of H-pyrrole nitrogens is 1. The lowest BCUT2D eigenvalue weighted by molar-refractivity contribution is -0.130. The van der Waals surface area contributed by atoms with E-state index in [1.807, 2.05) is 60.5 Å². The van der Waals surface area contributed by atoms with E-state index in [1.165, 1.54) is 4.90 Å². The van der Waals surface area contributed by atoms with Crippen molar-refractivity contribution < 1.29 is 14.3 Å². The lowest BCUT2D eigenvalue weighted by Crippen LogP contribution is -2.49. The Morgan fingerprint density at radius 3 is 2.91 bits per heavy atom. The van der Waals surface area contributed by atoms with Crippen LogP contribution in [-0.2, 0) is 21.6 Å². The molecule has 1 aromatic heterocycles. The van der Waals surface area contributed by atoms with Crippen molar-refractivity contribution in [1.82, 2.24) is 14.8 Å². The van der Waals surface area contributed by atoms with Gasteiger partial charge in [-0.25, -0.2) is 4.99 Å². The number of nitrogens with two attached hydrogens (primary N) is 1. The largest absolute Gasteiger partial charge is 0.383 e. The second kappa shape index (κ2) is 9.19. The lowest BCUT2D eigenvalue weighted by atomic mass is 9.87. The summed E-state index contributed by atoms with van der Waals surface area (Å²) in [6.45, 7) is 3.48. The van der Waals surface area contributed by atoms with Crippen LogP contribution in [0.2, 0.25) is 0 Å². The second-order valence-corrected chi connectivity index (χ2v) is 9.63. The van der Waals surface area contributed by atoms with E-state index in [0.29, 0.717) is 12.2 Å². The number of guanidine groups is 1. The van der Waals surface area contributed by atoms with Crippen molar-refractivity contribution in [1.29, 1.82) is 0 Å². The number of amides is 2. The number of nitrogens with zero attached hydrogens (tertiary/aromatic N) is 3. The zero-order chi connectivity index (χ0) is 24.6. The molecule has 0 saturated carbocycles. The maximum absolute atomic E-state index is 13.2. The quantitative estimate of drug-likeness (QED) is 0.573. The van der Waals surface area contributed by atoms with E-state index in [4.69, 9.17) is 15.5 Å². The number of hydrogen-bond acceptors (Lipinski definition) is 5. The van der Waals surface area contributed by atoms with Crippen LogP contribution in [0.3, 0.4) is 0 Å². The molecule has 0 aliphatic carbocycles. The molecule has 2 atom stereocenters. The molecule has 2 aliphatic heterocycles. The Kier molecular flexibility index (Phi) is 6.06. The molecule has 1 saturated heterocycles. The molecule has 0 bridgehead atoms. The van der Waals surface area contributed by atoms with Crippen LogP contribution >= 0.6 is 0 Å². The summed E-state index contributed by atoms with van der Waals surface area (Å²) in [5.41, 5.74) is 9.03. The van der Waals surface area contributed by atoms with Gasteiger partial charge >= 0.3 is 0 Å². The number of fused-ring (bicyclic) bond motifs is 1. The Labute approximate surface area is 204 Å². The van der Waals surface area contributed by atoms with Gasteiger partial charge in [0.1, 0.15) is 0 Å². The molecule has 3 heterocycles. The van der Waals surface area contributed by atoms with E-state index in [9.17, 15) is 9.59 Å². The number of rotatable bonds is 6. The smallest absolute Gasteiger partial charge is 0.254 e. The van der Waals surface area contributed by atoms with Gasteiger partial charge in [-0.15, -0.1) is 0 Å². The van der Waals surface area contributed by atoms with Gasteiger partial charge in [-0.2, -0.15) is 0 Å². The average Bonchev–Trinajstić information content (AvgIpc) is 3.50. The van der Waals surface area contributed by atoms with Crippen LogP contribution in [0.1, 0.15) is 47.7 Å². The number of ether oxygens (including phenoxy) is 1. The number of benzene rings is 2. The molecule has 0 spiro atoms. The molecule has 8 heteroatoms. The fourth-order valence-electron chi connectivity index (χ4n) is 5.21. The van der Waals surface area contributed by atoms with Gasteiger partial charge in [0.25, 0.3) is 5.91 Å². The first-order valence-electron chi connectivity index (χ1n) is 12.0. The number of nitrogens with one attached hydrogen (secondary N) is 1. The predicted octanol–water partition coefficient (Wildman–Crippen LogP) is 3.38. The van der Waals surface area contributed by atoms with Crippen molar-refractivity contribution in [3.05, 3.63) is 71.4 Å². The van der Waals surface area contributed by atoms with Crippen LogP contribution in [0, 0.1) is 0 Å². The molecular weight excluding hydrogens is 442 g/mol. The third-order valence-corrected chi connectivity index (χ3v) is 7.12. The van der Waals surface area contributed by atoms with Gasteiger partial charge in [0.05, 0.1) is 31.2 Å². The van der Waals surface area contributed by atoms with Crippen molar-refractivity contribution in [2.75, 3.05) is 20.3 Å². The Morgan fingerprint density at radius 2 is 2.11 bits per heavy atom. The minimum Gasteiger partial charge on any atom is -0.383 e. The van der Waals surface area contributed by atoms with Crippen molar-refractivity contribution in [3.8, 4) is 0 Å². The van der Waals surface area contributed by atoms with Gasteiger partial charge in [-0.3, -0.25) is 14.5 Å². The number of aromatic nitrogens is 1. The van der Waals surface area contributed by atoms with E-state index < -0.39 is 5.54 Å². The highest BCUT2D eigenvalue weighted by molar-refractivity contribution is 5.99. The Morgan fingerprint density at radius 1 is 1.26 bits per heavy atom. The maximum atomic E-state index is 13.2. The molecule has 2 aliphatic rings. The van der Waals surface area contributed by atoms with Crippen LogP contribution in [-0.4, -0.2) is 58.9 Å². The second-order valence-electron chi connectivity index (χ2n) is 9.63. The number of carbonyl (C=O) groups is 2. The molecule has 2 aromatic carbocycles. The summed E-state index contributed by atoms with van der Waals surface area (Å²) in [5.74, 6) is 0.0886. The van der Waals surface area contributed by atoms with Crippen LogP contribution in [0.4, 0.5) is 0 Å². The van der Waals surface area contributed by atoms with Crippen molar-refractivity contribution >= 4 is 28.7 Å². The monoisotopic (exact) mass is 473 g/mol. The summed E-state index contributed by atoms with van der Waals surface area (Å²) in [5, 5.41) is 1.07. The molecule has 8 nitrogen and oxygen atoms in total. The zero-order valence-corrected chi connectivity index (χ0v) is 20.2. The molecule has 1 fully saturated rings. The van der Waals surface area contributed by atoms with Crippen LogP contribution in [0.15, 0.2) is 59.7 Å². The normalized spacial score (nSPS) is 22.6. The van der Waals surface area contributed by atoms with Crippen LogP contribution < -0.4 is 5.73 Å². The number of aliphatic imine (C=N–C) groups is 1. The summed E-state index contributed by atoms with van der Waals surface area (Å²) in [6.07, 6.45) is 4.03. The van der Waals surface area contributed by atoms with Gasteiger partial charge < -0.3 is 20.4 Å². The molecule has 35 heavy (non-hydrogen) atoms. The molecule has 1 unspecified atom stereocenters. The first kappa shape index (κ1) is 23.1. The van der Waals surface area contributed by atoms with Crippen LogP contribution in [0.5, 0.6) is 0 Å². The van der Waals surface area contributed by atoms with E-state index >= 15 is 0 Å². The lowest BCUT2D eigenvalue weighted by Gasteiger charge is -2.35. The van der Waals surface area contributed by atoms with Gasteiger partial charge in [-0.1, -0.05) is 18.2 Å². The SMILES string of the molecule is COC[C@H]1CCCN1C(=O)c1cccc(CN2C(=O)CC(C)(c3ccc4[nH]ccc4c3)N=C2N)c1. The highest BCUT2D eigenvalue weighted by Gasteiger charge is 2.38. The number of aromatic amines is 1. The fourth-order valence-corrected chi connectivity index (χ4v) is 5.21. The van der Waals surface area contributed by atoms with E-state index in [0.717, 1.165) is 41.4 Å². The number of methoxy groups -OCH3 is 1. The molecule has 3 aromatic rings. The predicted molar refractivity (Wildman–Crippen MR) is 135 cm³/mol. The number of carbonyl (C=O) groups excluding carboxylic acids is 2. The first-order valence-corrected chi connectivity index (χ1v) is 12.0. The van der Waals surface area contributed by atoms with Crippen molar-refractivity contribution in [3.63, 3.8) is 0 Å². The standard InChI is InChI=1S/C27H31N5O3/c1-27(21-8-9-23-19(14-21)10-11-29-23)15-24(33)32(26(28)30-27)16-18-5-3-6-20(13-18)25(34)31-12-4-7-22(31)17-35-2/h3,5-6,8-11,13-14,22,29H,4,7,12,15-17H2,1-2H3,(H2,28,30)/t22-,27?/m1/s1. The average molecular weight is 474 g/mol. The van der Waals surface area contributed by atoms with E-state index in [2.05, 4.69) is 11.1 Å². The molecule has 3 N–H and O–H groups in total. The minimum absolute atomic E-state index is 0.00858. The molecule has 182 valence electrons. The zero-order valence-electron chi connectivity index (χ0n) is 20.2. The first-order chi connectivity index (χ1) is 16.9. The third-order valence-electron chi connectivity index (χ3n) is 7.12.